The lowest BCUT2D eigenvalue weighted by Crippen LogP contribution is -2.30. The van der Waals surface area contributed by atoms with Gasteiger partial charge < -0.3 is 4.90 Å². The van der Waals surface area contributed by atoms with Gasteiger partial charge >= 0.3 is 0 Å². The molecule has 0 N–H and O–H groups in total. The van der Waals surface area contributed by atoms with Crippen molar-refractivity contribution in [1.29, 1.82) is 0 Å². The van der Waals surface area contributed by atoms with Crippen molar-refractivity contribution in [2.45, 2.75) is 51.0 Å². The van der Waals surface area contributed by atoms with Gasteiger partial charge in [-0.05, 0) is 98.5 Å². The molecule has 0 heterocycles. The Hall–Kier alpha value is -4.36. The van der Waals surface area contributed by atoms with Crippen LogP contribution in [0.5, 0.6) is 0 Å². The smallest absolute Gasteiger partial charge is 0.0635 e. The summed E-state index contributed by atoms with van der Waals surface area (Å²) >= 11 is 0. The van der Waals surface area contributed by atoms with Gasteiger partial charge in [-0.2, -0.15) is 0 Å². The largest absolute Gasteiger partial charge is 0.334 e. The van der Waals surface area contributed by atoms with Crippen LogP contribution >= 0.6 is 0 Å². The number of fused-ring (bicyclic) bond motifs is 7. The minimum Gasteiger partial charge on any atom is -0.334 e. The van der Waals surface area contributed by atoms with Crippen molar-refractivity contribution < 1.29 is 0 Å². The van der Waals surface area contributed by atoms with Crippen molar-refractivity contribution in [3.63, 3.8) is 0 Å². The van der Waals surface area contributed by atoms with Crippen molar-refractivity contribution in [1.82, 2.24) is 0 Å². The average molecular weight is 530 g/mol. The quantitative estimate of drug-likeness (QED) is 0.225. The van der Waals surface area contributed by atoms with Crippen molar-refractivity contribution in [3.8, 4) is 11.1 Å². The highest BCUT2D eigenvalue weighted by Crippen LogP contribution is 2.60. The first-order valence-electron chi connectivity index (χ1n) is 14.9. The number of hydrogen-bond donors (Lipinski definition) is 0. The van der Waals surface area contributed by atoms with E-state index in [1.807, 2.05) is 0 Å². The predicted octanol–water partition coefficient (Wildman–Crippen LogP) is 10.4. The second kappa shape index (κ2) is 8.57. The van der Waals surface area contributed by atoms with Crippen LogP contribution in [-0.2, 0) is 10.8 Å². The van der Waals surface area contributed by atoms with Gasteiger partial charge in [0.25, 0.3) is 0 Å². The highest BCUT2D eigenvalue weighted by atomic mass is 15.2. The van der Waals surface area contributed by atoms with Gasteiger partial charge in [-0.1, -0.05) is 113 Å². The molecule has 0 saturated carbocycles. The summed E-state index contributed by atoms with van der Waals surface area (Å²) in [7, 11) is 0. The standard InChI is InChI=1S/C40H35N/c1-39(2)33-22-14-13-19-28(33)31-23-35-32(24-34(31)39)38-30-21-12-11-20-29(30)37(25-36(38)40(35,3)4)41(26-15-7-5-8-16-26)27-17-9-6-10-18-27/h5-24,37H,25H2,1-4H3. The molecule has 3 aliphatic rings. The summed E-state index contributed by atoms with van der Waals surface area (Å²) in [6, 6.07) is 45.3. The Bertz CT molecular complexity index is 1820. The zero-order valence-electron chi connectivity index (χ0n) is 24.3. The van der Waals surface area contributed by atoms with Crippen LogP contribution in [0.3, 0.4) is 0 Å². The molecule has 0 spiro atoms. The van der Waals surface area contributed by atoms with E-state index in [0.29, 0.717) is 0 Å². The van der Waals surface area contributed by atoms with E-state index in [-0.39, 0.29) is 16.9 Å². The fourth-order valence-electron chi connectivity index (χ4n) is 8.01. The van der Waals surface area contributed by atoms with Crippen LogP contribution in [-0.4, -0.2) is 0 Å². The summed E-state index contributed by atoms with van der Waals surface area (Å²) in [5.74, 6) is 0. The van der Waals surface area contributed by atoms with Crippen LogP contribution in [0.1, 0.15) is 73.5 Å². The number of hydrogen-bond acceptors (Lipinski definition) is 1. The van der Waals surface area contributed by atoms with Gasteiger partial charge in [-0.3, -0.25) is 0 Å². The van der Waals surface area contributed by atoms with E-state index in [0.717, 1.165) is 6.42 Å². The molecular formula is C40H35N. The van der Waals surface area contributed by atoms with E-state index in [1.165, 1.54) is 61.5 Å². The van der Waals surface area contributed by atoms with Crippen LogP contribution in [0.15, 0.2) is 127 Å². The normalized spacial score (nSPS) is 18.7. The second-order valence-corrected chi connectivity index (χ2v) is 12.9. The Kier molecular flexibility index (Phi) is 5.11. The minimum absolute atomic E-state index is 0.0114. The van der Waals surface area contributed by atoms with Crippen molar-refractivity contribution >= 4 is 16.9 Å². The molecule has 0 saturated heterocycles. The number of nitrogens with zero attached hydrogens (tertiary/aromatic N) is 1. The number of benzene rings is 5. The maximum atomic E-state index is 2.56. The first-order valence-corrected chi connectivity index (χ1v) is 14.9. The highest BCUT2D eigenvalue weighted by molar-refractivity contribution is 5.96. The molecule has 0 bridgehead atoms. The summed E-state index contributed by atoms with van der Waals surface area (Å²) in [5.41, 5.74) is 16.8. The predicted molar refractivity (Wildman–Crippen MR) is 172 cm³/mol. The molecule has 1 unspecified atom stereocenters. The molecule has 8 rings (SSSR count). The first-order chi connectivity index (χ1) is 19.9. The van der Waals surface area contributed by atoms with Crippen molar-refractivity contribution in [2.24, 2.45) is 0 Å². The van der Waals surface area contributed by atoms with Gasteiger partial charge in [0.2, 0.25) is 0 Å². The van der Waals surface area contributed by atoms with Crippen LogP contribution in [0, 0.1) is 0 Å². The molecular weight excluding hydrogens is 494 g/mol. The monoisotopic (exact) mass is 529 g/mol. The topological polar surface area (TPSA) is 3.24 Å². The fraction of sp³-hybridized carbons (Fsp3) is 0.200. The number of anilines is 2. The van der Waals surface area contributed by atoms with Crippen LogP contribution < -0.4 is 4.90 Å². The third-order valence-corrected chi connectivity index (χ3v) is 10.1. The third-order valence-electron chi connectivity index (χ3n) is 10.1. The van der Waals surface area contributed by atoms with Crippen LogP contribution in [0.4, 0.5) is 11.4 Å². The molecule has 0 amide bonds. The lowest BCUT2D eigenvalue weighted by molar-refractivity contribution is 0.561. The molecule has 0 radical (unpaired) electrons. The summed E-state index contributed by atoms with van der Waals surface area (Å²) in [4.78, 5) is 2.56. The van der Waals surface area contributed by atoms with Gasteiger partial charge in [-0.25, -0.2) is 0 Å². The number of rotatable bonds is 3. The van der Waals surface area contributed by atoms with E-state index in [1.54, 1.807) is 5.57 Å². The zero-order valence-corrected chi connectivity index (χ0v) is 24.3. The third kappa shape index (κ3) is 3.36. The molecule has 0 fully saturated rings. The molecule has 1 atom stereocenters. The van der Waals surface area contributed by atoms with E-state index in [2.05, 4.69) is 154 Å². The lowest BCUT2D eigenvalue weighted by Gasteiger charge is -2.40. The van der Waals surface area contributed by atoms with Gasteiger partial charge in [-0.15, -0.1) is 0 Å². The molecule has 5 aromatic rings. The van der Waals surface area contributed by atoms with Crippen LogP contribution in [0.25, 0.3) is 16.7 Å². The Morgan fingerprint density at radius 1 is 0.512 bits per heavy atom. The Labute approximate surface area is 243 Å². The lowest BCUT2D eigenvalue weighted by atomic mass is 9.74. The second-order valence-electron chi connectivity index (χ2n) is 12.9. The van der Waals surface area contributed by atoms with Crippen molar-refractivity contribution in [2.75, 3.05) is 4.90 Å². The molecule has 3 aliphatic carbocycles. The highest BCUT2D eigenvalue weighted by Gasteiger charge is 2.46. The van der Waals surface area contributed by atoms with Crippen molar-refractivity contribution in [3.05, 3.63) is 160 Å². The number of para-hydroxylation sites is 2. The van der Waals surface area contributed by atoms with Gasteiger partial charge in [0.1, 0.15) is 0 Å². The fourth-order valence-corrected chi connectivity index (χ4v) is 8.01. The molecule has 5 aromatic carbocycles. The maximum absolute atomic E-state index is 2.56. The SMILES string of the molecule is CC1(C)C2=C(c3ccccc3C(N(c3ccccc3)c3ccccc3)C2)c2cc3c(cc21)-c1ccccc1C3(C)C. The Balaban J connectivity index is 1.34. The molecule has 1 nitrogen and oxygen atoms in total. The average Bonchev–Trinajstić information content (AvgIpc) is 3.37. The van der Waals surface area contributed by atoms with Gasteiger partial charge in [0, 0.05) is 22.2 Å². The molecule has 0 aromatic heterocycles. The van der Waals surface area contributed by atoms with E-state index < -0.39 is 0 Å². The molecule has 41 heavy (non-hydrogen) atoms. The minimum atomic E-state index is -0.0633. The summed E-state index contributed by atoms with van der Waals surface area (Å²) in [5, 5.41) is 0. The maximum Gasteiger partial charge on any atom is 0.0635 e. The van der Waals surface area contributed by atoms with Gasteiger partial charge in [0.15, 0.2) is 0 Å². The molecule has 200 valence electrons. The van der Waals surface area contributed by atoms with E-state index in [9.17, 15) is 0 Å². The summed E-state index contributed by atoms with van der Waals surface area (Å²) in [6.45, 7) is 9.68. The zero-order chi connectivity index (χ0) is 27.9. The molecule has 1 heteroatoms. The molecule has 0 aliphatic heterocycles. The summed E-state index contributed by atoms with van der Waals surface area (Å²) in [6.07, 6.45) is 0.989. The Morgan fingerprint density at radius 2 is 1.05 bits per heavy atom. The van der Waals surface area contributed by atoms with Gasteiger partial charge in [0.05, 0.1) is 6.04 Å². The van der Waals surface area contributed by atoms with E-state index in [4.69, 9.17) is 0 Å². The van der Waals surface area contributed by atoms with Crippen LogP contribution in [0.2, 0.25) is 0 Å². The van der Waals surface area contributed by atoms with E-state index >= 15 is 0 Å². The first kappa shape index (κ1) is 24.4. The summed E-state index contributed by atoms with van der Waals surface area (Å²) < 4.78 is 0. The Morgan fingerprint density at radius 3 is 1.73 bits per heavy atom.